The topological polar surface area (TPSA) is 58.2 Å². The van der Waals surface area contributed by atoms with Gasteiger partial charge in [0.1, 0.15) is 5.69 Å². The second kappa shape index (κ2) is 6.09. The standard InChI is InChI=1S/C17H21N3O2S/c1-11-19-16(10-23-11)13-6-15(18-7-13)17(21)20(14-2-3-14)8-12-4-5-22-9-12/h6-7,10,12,14,18H,2-5,8-9H2,1H3/t12-/m1/s1. The van der Waals surface area contributed by atoms with Gasteiger partial charge in [-0.25, -0.2) is 4.98 Å². The van der Waals surface area contributed by atoms with E-state index >= 15 is 0 Å². The zero-order valence-corrected chi connectivity index (χ0v) is 14.1. The first-order valence-electron chi connectivity index (χ1n) is 8.20. The van der Waals surface area contributed by atoms with Gasteiger partial charge in [0.15, 0.2) is 0 Å². The van der Waals surface area contributed by atoms with Crippen molar-refractivity contribution < 1.29 is 9.53 Å². The van der Waals surface area contributed by atoms with Crippen LogP contribution < -0.4 is 0 Å². The number of rotatable bonds is 5. The largest absolute Gasteiger partial charge is 0.381 e. The van der Waals surface area contributed by atoms with E-state index in [4.69, 9.17) is 4.74 Å². The lowest BCUT2D eigenvalue weighted by Gasteiger charge is -2.24. The predicted octanol–water partition coefficient (Wildman–Crippen LogP) is 3.09. The highest BCUT2D eigenvalue weighted by Gasteiger charge is 2.35. The molecule has 1 saturated heterocycles. The van der Waals surface area contributed by atoms with Crippen molar-refractivity contribution in [1.82, 2.24) is 14.9 Å². The van der Waals surface area contributed by atoms with Gasteiger partial charge in [-0.05, 0) is 32.3 Å². The van der Waals surface area contributed by atoms with E-state index in [1.54, 1.807) is 11.3 Å². The average molecular weight is 331 g/mol. The minimum absolute atomic E-state index is 0.109. The third kappa shape index (κ3) is 3.19. The molecular weight excluding hydrogens is 310 g/mol. The predicted molar refractivity (Wildman–Crippen MR) is 89.6 cm³/mol. The molecule has 23 heavy (non-hydrogen) atoms. The maximum Gasteiger partial charge on any atom is 0.270 e. The molecule has 0 radical (unpaired) electrons. The Kier molecular flexibility index (Phi) is 3.95. The average Bonchev–Trinajstić information content (AvgIpc) is 2.99. The molecule has 2 aromatic heterocycles. The lowest BCUT2D eigenvalue weighted by molar-refractivity contribution is 0.0701. The van der Waals surface area contributed by atoms with Crippen molar-refractivity contribution in [2.24, 2.45) is 5.92 Å². The van der Waals surface area contributed by atoms with Gasteiger partial charge in [-0.15, -0.1) is 11.3 Å². The summed E-state index contributed by atoms with van der Waals surface area (Å²) in [6, 6.07) is 2.34. The number of hydrogen-bond donors (Lipinski definition) is 1. The van der Waals surface area contributed by atoms with Crippen LogP contribution in [-0.2, 0) is 4.74 Å². The molecule has 6 heteroatoms. The van der Waals surface area contributed by atoms with E-state index in [9.17, 15) is 4.79 Å². The first kappa shape index (κ1) is 14.9. The molecule has 1 N–H and O–H groups in total. The number of nitrogens with one attached hydrogen (secondary N) is 1. The fraction of sp³-hybridized carbons (Fsp3) is 0.529. The van der Waals surface area contributed by atoms with Crippen molar-refractivity contribution in [3.8, 4) is 11.3 Å². The minimum Gasteiger partial charge on any atom is -0.381 e. The van der Waals surface area contributed by atoms with Gasteiger partial charge >= 0.3 is 0 Å². The Bertz CT molecular complexity index is 698. The zero-order chi connectivity index (χ0) is 15.8. The van der Waals surface area contributed by atoms with E-state index in [-0.39, 0.29) is 5.91 Å². The third-order valence-corrected chi connectivity index (χ3v) is 5.33. The maximum absolute atomic E-state index is 12.9. The molecule has 1 atom stereocenters. The Hall–Kier alpha value is -1.66. The summed E-state index contributed by atoms with van der Waals surface area (Å²) in [7, 11) is 0. The Morgan fingerprint density at radius 3 is 3.00 bits per heavy atom. The number of carbonyl (C=O) groups is 1. The maximum atomic E-state index is 12.9. The zero-order valence-electron chi connectivity index (χ0n) is 13.2. The molecule has 2 aliphatic rings. The molecule has 1 saturated carbocycles. The summed E-state index contributed by atoms with van der Waals surface area (Å²) in [5.41, 5.74) is 2.58. The number of carbonyl (C=O) groups excluding carboxylic acids is 1. The SMILES string of the molecule is Cc1nc(-c2c[nH]c(C(=O)N(C[C@H]3CCOC3)C3CC3)c2)cs1. The van der Waals surface area contributed by atoms with Crippen LogP contribution >= 0.6 is 11.3 Å². The fourth-order valence-electron chi connectivity index (χ4n) is 3.11. The number of H-pyrrole nitrogens is 1. The lowest BCUT2D eigenvalue weighted by atomic mass is 10.1. The smallest absolute Gasteiger partial charge is 0.270 e. The molecule has 2 aromatic rings. The highest BCUT2D eigenvalue weighted by atomic mass is 32.1. The van der Waals surface area contributed by atoms with E-state index < -0.39 is 0 Å². The molecule has 1 amide bonds. The van der Waals surface area contributed by atoms with Crippen molar-refractivity contribution in [3.63, 3.8) is 0 Å². The van der Waals surface area contributed by atoms with E-state index in [2.05, 4.69) is 9.97 Å². The van der Waals surface area contributed by atoms with Crippen molar-refractivity contribution in [2.75, 3.05) is 19.8 Å². The summed E-state index contributed by atoms with van der Waals surface area (Å²) in [5.74, 6) is 0.591. The minimum atomic E-state index is 0.109. The van der Waals surface area contributed by atoms with Crippen LogP contribution in [0.2, 0.25) is 0 Å². The van der Waals surface area contributed by atoms with Gasteiger partial charge in [-0.2, -0.15) is 0 Å². The molecule has 2 fully saturated rings. The van der Waals surface area contributed by atoms with Crippen molar-refractivity contribution >= 4 is 17.2 Å². The summed E-state index contributed by atoms with van der Waals surface area (Å²) < 4.78 is 5.45. The first-order valence-corrected chi connectivity index (χ1v) is 9.08. The highest BCUT2D eigenvalue weighted by Crippen LogP contribution is 2.31. The summed E-state index contributed by atoms with van der Waals surface area (Å²) >= 11 is 1.63. The fourth-order valence-corrected chi connectivity index (χ4v) is 3.73. The molecule has 0 unspecified atom stereocenters. The first-order chi connectivity index (χ1) is 11.2. The lowest BCUT2D eigenvalue weighted by Crippen LogP contribution is -2.37. The van der Waals surface area contributed by atoms with Gasteiger partial charge in [-0.3, -0.25) is 4.79 Å². The van der Waals surface area contributed by atoms with Crippen LogP contribution in [0.4, 0.5) is 0 Å². The van der Waals surface area contributed by atoms with Gasteiger partial charge in [0.25, 0.3) is 5.91 Å². The Morgan fingerprint density at radius 2 is 2.35 bits per heavy atom. The van der Waals surface area contributed by atoms with Crippen molar-refractivity contribution in [3.05, 3.63) is 28.3 Å². The van der Waals surface area contributed by atoms with Crippen molar-refractivity contribution in [2.45, 2.75) is 32.2 Å². The van der Waals surface area contributed by atoms with Gasteiger partial charge in [0, 0.05) is 42.3 Å². The van der Waals surface area contributed by atoms with Gasteiger partial charge in [0.2, 0.25) is 0 Å². The molecule has 0 bridgehead atoms. The number of aromatic amines is 1. The molecule has 1 aliphatic carbocycles. The van der Waals surface area contributed by atoms with Crippen LogP contribution in [0.3, 0.4) is 0 Å². The molecule has 122 valence electrons. The Balaban J connectivity index is 1.51. The van der Waals surface area contributed by atoms with E-state index in [0.717, 1.165) is 55.3 Å². The van der Waals surface area contributed by atoms with Gasteiger partial charge < -0.3 is 14.6 Å². The quantitative estimate of drug-likeness (QED) is 0.916. The highest BCUT2D eigenvalue weighted by molar-refractivity contribution is 7.09. The van der Waals surface area contributed by atoms with E-state index in [1.165, 1.54) is 0 Å². The van der Waals surface area contributed by atoms with Crippen LogP contribution in [0.1, 0.15) is 34.8 Å². The van der Waals surface area contributed by atoms with Crippen LogP contribution in [0.5, 0.6) is 0 Å². The number of aryl methyl sites for hydroxylation is 1. The molecule has 4 rings (SSSR count). The Morgan fingerprint density at radius 1 is 1.48 bits per heavy atom. The Labute approximate surface area is 139 Å². The van der Waals surface area contributed by atoms with Crippen LogP contribution in [0.15, 0.2) is 17.6 Å². The number of nitrogens with zero attached hydrogens (tertiary/aromatic N) is 2. The summed E-state index contributed by atoms with van der Waals surface area (Å²) in [5, 5.41) is 3.07. The number of aromatic nitrogens is 2. The van der Waals surface area contributed by atoms with Gasteiger partial charge in [0.05, 0.1) is 17.3 Å². The number of hydrogen-bond acceptors (Lipinski definition) is 4. The van der Waals surface area contributed by atoms with Gasteiger partial charge in [-0.1, -0.05) is 0 Å². The second-order valence-corrected chi connectivity index (χ2v) is 7.53. The normalized spacial score (nSPS) is 20.8. The molecule has 0 aromatic carbocycles. The van der Waals surface area contributed by atoms with Crippen LogP contribution in [-0.4, -0.2) is 46.6 Å². The molecule has 5 nitrogen and oxygen atoms in total. The molecular formula is C17H21N3O2S. The number of amides is 1. The van der Waals surface area contributed by atoms with Crippen molar-refractivity contribution in [1.29, 1.82) is 0 Å². The monoisotopic (exact) mass is 331 g/mol. The molecule has 0 spiro atoms. The summed E-state index contributed by atoms with van der Waals surface area (Å²) in [6.07, 6.45) is 5.19. The van der Waals surface area contributed by atoms with Crippen LogP contribution in [0.25, 0.3) is 11.3 Å². The summed E-state index contributed by atoms with van der Waals surface area (Å²) in [6.45, 7) is 4.41. The molecule has 1 aliphatic heterocycles. The second-order valence-electron chi connectivity index (χ2n) is 6.47. The van der Waals surface area contributed by atoms with E-state index in [1.807, 2.05) is 29.5 Å². The van der Waals surface area contributed by atoms with Crippen LogP contribution in [0, 0.1) is 12.8 Å². The third-order valence-electron chi connectivity index (χ3n) is 4.56. The molecule has 3 heterocycles. The number of ether oxygens (including phenoxy) is 1. The van der Waals surface area contributed by atoms with E-state index in [0.29, 0.717) is 17.7 Å². The summed E-state index contributed by atoms with van der Waals surface area (Å²) in [4.78, 5) is 22.6. The number of thiazole rings is 1.